The second-order valence-corrected chi connectivity index (χ2v) is 7.33. The zero-order valence-corrected chi connectivity index (χ0v) is 15.8. The second-order valence-electron chi connectivity index (χ2n) is 5.12. The Morgan fingerprint density at radius 3 is 2.55 bits per heavy atom. The molecule has 6 heteroatoms. The van der Waals surface area contributed by atoms with Crippen LogP contribution in [-0.4, -0.2) is 29.9 Å². The summed E-state index contributed by atoms with van der Waals surface area (Å²) in [5.74, 6) is 0.883. The molecule has 0 saturated heterocycles. The maximum absolute atomic E-state index is 4.46. The number of hydrogen-bond donors (Lipinski definition) is 1. The number of rotatable bonds is 4. The number of aromatic nitrogens is 1. The SMILES string of the molecule is CN=C(NCc1sc(C)nc1C)N(C)Cc1ccc(Br)cc1. The van der Waals surface area contributed by atoms with Gasteiger partial charge in [0.15, 0.2) is 5.96 Å². The molecule has 1 aromatic carbocycles. The van der Waals surface area contributed by atoms with Gasteiger partial charge in [0.1, 0.15) is 0 Å². The summed E-state index contributed by atoms with van der Waals surface area (Å²) in [5, 5.41) is 4.51. The average molecular weight is 381 g/mol. The highest BCUT2D eigenvalue weighted by atomic mass is 79.9. The second kappa shape index (κ2) is 7.74. The summed E-state index contributed by atoms with van der Waals surface area (Å²) in [5.41, 5.74) is 2.35. The van der Waals surface area contributed by atoms with E-state index >= 15 is 0 Å². The Morgan fingerprint density at radius 1 is 1.32 bits per heavy atom. The van der Waals surface area contributed by atoms with Gasteiger partial charge >= 0.3 is 0 Å². The molecular weight excluding hydrogens is 360 g/mol. The molecule has 22 heavy (non-hydrogen) atoms. The quantitative estimate of drug-likeness (QED) is 0.648. The van der Waals surface area contributed by atoms with Gasteiger partial charge in [-0.1, -0.05) is 28.1 Å². The van der Waals surface area contributed by atoms with Crippen LogP contribution in [0.4, 0.5) is 0 Å². The van der Waals surface area contributed by atoms with Crippen molar-refractivity contribution in [1.82, 2.24) is 15.2 Å². The molecule has 0 aliphatic carbocycles. The molecule has 2 rings (SSSR count). The van der Waals surface area contributed by atoms with Gasteiger partial charge in [0.05, 0.1) is 17.2 Å². The molecule has 0 bridgehead atoms. The largest absolute Gasteiger partial charge is 0.351 e. The van der Waals surface area contributed by atoms with E-state index in [4.69, 9.17) is 0 Å². The highest BCUT2D eigenvalue weighted by Crippen LogP contribution is 2.17. The van der Waals surface area contributed by atoms with E-state index in [0.29, 0.717) is 0 Å². The van der Waals surface area contributed by atoms with Crippen LogP contribution < -0.4 is 5.32 Å². The third-order valence-corrected chi connectivity index (χ3v) is 4.91. The smallest absolute Gasteiger partial charge is 0.193 e. The van der Waals surface area contributed by atoms with Gasteiger partial charge in [0.25, 0.3) is 0 Å². The third-order valence-electron chi connectivity index (χ3n) is 3.31. The molecule has 0 amide bonds. The van der Waals surface area contributed by atoms with Crippen LogP contribution in [0.5, 0.6) is 0 Å². The maximum Gasteiger partial charge on any atom is 0.193 e. The molecule has 0 aliphatic rings. The van der Waals surface area contributed by atoms with E-state index < -0.39 is 0 Å². The van der Waals surface area contributed by atoms with Gasteiger partial charge in [0, 0.05) is 30.0 Å². The summed E-state index contributed by atoms with van der Waals surface area (Å²) in [6.07, 6.45) is 0. The van der Waals surface area contributed by atoms with Crippen molar-refractivity contribution in [3.63, 3.8) is 0 Å². The van der Waals surface area contributed by atoms with E-state index in [2.05, 4.69) is 67.3 Å². The van der Waals surface area contributed by atoms with Crippen LogP contribution >= 0.6 is 27.3 Å². The molecule has 0 aliphatic heterocycles. The lowest BCUT2D eigenvalue weighted by atomic mass is 10.2. The molecule has 1 heterocycles. The number of nitrogens with zero attached hydrogens (tertiary/aromatic N) is 3. The van der Waals surface area contributed by atoms with Gasteiger partial charge in [-0.15, -0.1) is 11.3 Å². The van der Waals surface area contributed by atoms with Crippen molar-refractivity contribution in [3.8, 4) is 0 Å². The van der Waals surface area contributed by atoms with Crippen LogP contribution in [0.15, 0.2) is 33.7 Å². The molecular formula is C16H21BrN4S. The minimum atomic E-state index is 0.759. The Morgan fingerprint density at radius 2 is 2.00 bits per heavy atom. The van der Waals surface area contributed by atoms with Crippen molar-refractivity contribution >= 4 is 33.2 Å². The van der Waals surface area contributed by atoms with Gasteiger partial charge < -0.3 is 10.2 Å². The Hall–Kier alpha value is -1.40. The van der Waals surface area contributed by atoms with Crippen LogP contribution in [0.2, 0.25) is 0 Å². The van der Waals surface area contributed by atoms with Gasteiger partial charge in [-0.25, -0.2) is 4.98 Å². The van der Waals surface area contributed by atoms with Crippen LogP contribution in [0.1, 0.15) is 21.1 Å². The minimum Gasteiger partial charge on any atom is -0.351 e. The summed E-state index contributed by atoms with van der Waals surface area (Å²) >= 11 is 5.19. The highest BCUT2D eigenvalue weighted by molar-refractivity contribution is 9.10. The number of aryl methyl sites for hydroxylation is 2. The average Bonchev–Trinajstić information content (AvgIpc) is 2.80. The first-order valence-electron chi connectivity index (χ1n) is 7.08. The molecule has 0 spiro atoms. The summed E-state index contributed by atoms with van der Waals surface area (Å²) in [4.78, 5) is 12.2. The standard InChI is InChI=1S/C16H21BrN4S/c1-11-15(22-12(2)20-11)9-19-16(18-3)21(4)10-13-5-7-14(17)8-6-13/h5-8H,9-10H2,1-4H3,(H,18,19). The Balaban J connectivity index is 1.96. The number of thiazole rings is 1. The fourth-order valence-electron chi connectivity index (χ4n) is 2.22. The zero-order chi connectivity index (χ0) is 16.1. The number of aliphatic imine (C=N–C) groups is 1. The molecule has 1 N–H and O–H groups in total. The Kier molecular flexibility index (Phi) is 5.97. The molecule has 0 radical (unpaired) electrons. The molecule has 4 nitrogen and oxygen atoms in total. The first kappa shape index (κ1) is 17.0. The summed E-state index contributed by atoms with van der Waals surface area (Å²) in [6.45, 7) is 5.66. The van der Waals surface area contributed by atoms with E-state index in [0.717, 1.165) is 34.2 Å². The number of hydrogen-bond acceptors (Lipinski definition) is 3. The highest BCUT2D eigenvalue weighted by Gasteiger charge is 2.09. The summed E-state index contributed by atoms with van der Waals surface area (Å²) in [7, 11) is 3.85. The number of nitrogens with one attached hydrogen (secondary N) is 1. The molecule has 0 atom stereocenters. The van der Waals surface area contributed by atoms with E-state index in [1.807, 2.05) is 21.0 Å². The van der Waals surface area contributed by atoms with Crippen molar-refractivity contribution in [2.24, 2.45) is 4.99 Å². The van der Waals surface area contributed by atoms with Crippen molar-refractivity contribution in [2.75, 3.05) is 14.1 Å². The number of guanidine groups is 1. The van der Waals surface area contributed by atoms with Gasteiger partial charge in [-0.05, 0) is 31.5 Å². The Labute approximate surface area is 144 Å². The van der Waals surface area contributed by atoms with Crippen LogP contribution in [0.25, 0.3) is 0 Å². The lowest BCUT2D eigenvalue weighted by molar-refractivity contribution is 0.477. The van der Waals surface area contributed by atoms with Crippen LogP contribution in [-0.2, 0) is 13.1 Å². The third kappa shape index (κ3) is 4.55. The molecule has 118 valence electrons. The van der Waals surface area contributed by atoms with E-state index in [1.54, 1.807) is 11.3 Å². The fourth-order valence-corrected chi connectivity index (χ4v) is 3.36. The van der Waals surface area contributed by atoms with E-state index in [-0.39, 0.29) is 0 Å². The van der Waals surface area contributed by atoms with Crippen molar-refractivity contribution in [1.29, 1.82) is 0 Å². The molecule has 0 fully saturated rings. The zero-order valence-electron chi connectivity index (χ0n) is 13.4. The summed E-state index contributed by atoms with van der Waals surface area (Å²) < 4.78 is 1.09. The monoisotopic (exact) mass is 380 g/mol. The van der Waals surface area contributed by atoms with Crippen LogP contribution in [0.3, 0.4) is 0 Å². The fraction of sp³-hybridized carbons (Fsp3) is 0.375. The van der Waals surface area contributed by atoms with Crippen molar-refractivity contribution < 1.29 is 0 Å². The summed E-state index contributed by atoms with van der Waals surface area (Å²) in [6, 6.07) is 8.35. The molecule has 1 aromatic heterocycles. The van der Waals surface area contributed by atoms with E-state index in [9.17, 15) is 0 Å². The maximum atomic E-state index is 4.46. The van der Waals surface area contributed by atoms with Crippen molar-refractivity contribution in [3.05, 3.63) is 49.9 Å². The first-order chi connectivity index (χ1) is 10.5. The lowest BCUT2D eigenvalue weighted by Crippen LogP contribution is -2.38. The molecule has 0 saturated carbocycles. The van der Waals surface area contributed by atoms with Gasteiger partial charge in [-0.2, -0.15) is 0 Å². The minimum absolute atomic E-state index is 0.759. The van der Waals surface area contributed by atoms with Crippen LogP contribution in [0, 0.1) is 13.8 Å². The number of halogens is 1. The van der Waals surface area contributed by atoms with Gasteiger partial charge in [0.2, 0.25) is 0 Å². The number of benzene rings is 1. The van der Waals surface area contributed by atoms with Crippen molar-refractivity contribution in [2.45, 2.75) is 26.9 Å². The van der Waals surface area contributed by atoms with Gasteiger partial charge in [-0.3, -0.25) is 4.99 Å². The molecule has 2 aromatic rings. The Bertz CT molecular complexity index is 649. The predicted molar refractivity (Wildman–Crippen MR) is 97.4 cm³/mol. The predicted octanol–water partition coefficient (Wildman–Crippen LogP) is 3.73. The lowest BCUT2D eigenvalue weighted by Gasteiger charge is -2.22. The van der Waals surface area contributed by atoms with E-state index in [1.165, 1.54) is 10.4 Å². The first-order valence-corrected chi connectivity index (χ1v) is 8.69. The normalized spacial score (nSPS) is 11.6. The molecule has 0 unspecified atom stereocenters. The topological polar surface area (TPSA) is 40.5 Å².